The summed E-state index contributed by atoms with van der Waals surface area (Å²) < 4.78 is 5.82. The zero-order valence-electron chi connectivity index (χ0n) is 14.8. The zero-order chi connectivity index (χ0) is 18.4. The normalized spacial score (nSPS) is 11.6. The molecule has 0 spiro atoms. The Bertz CT molecular complexity index is 880. The molecule has 0 aliphatic carbocycles. The second-order valence-corrected chi connectivity index (χ2v) is 7.04. The van der Waals surface area contributed by atoms with E-state index in [4.69, 9.17) is 4.74 Å². The maximum atomic E-state index is 12.6. The van der Waals surface area contributed by atoms with E-state index in [1.807, 2.05) is 85.8 Å². The highest BCUT2D eigenvalue weighted by molar-refractivity contribution is 7.99. The van der Waals surface area contributed by atoms with E-state index in [2.05, 4.69) is 5.32 Å². The molecule has 1 N–H and O–H groups in total. The number of rotatable bonds is 6. The van der Waals surface area contributed by atoms with Gasteiger partial charge in [0, 0.05) is 9.79 Å². The molecule has 0 saturated heterocycles. The van der Waals surface area contributed by atoms with Crippen LogP contribution >= 0.6 is 11.8 Å². The van der Waals surface area contributed by atoms with Gasteiger partial charge in [0.15, 0.2) is 6.10 Å². The van der Waals surface area contributed by atoms with Crippen molar-refractivity contribution in [1.29, 1.82) is 0 Å². The van der Waals surface area contributed by atoms with Crippen LogP contribution in [0.5, 0.6) is 5.75 Å². The van der Waals surface area contributed by atoms with E-state index in [1.54, 1.807) is 18.7 Å². The van der Waals surface area contributed by atoms with Crippen molar-refractivity contribution in [3.8, 4) is 5.75 Å². The van der Waals surface area contributed by atoms with Gasteiger partial charge in [0.05, 0.1) is 5.69 Å². The van der Waals surface area contributed by atoms with Crippen LogP contribution in [-0.2, 0) is 4.79 Å². The standard InChI is InChI=1S/C22H21NO2S/c1-16-10-6-8-14-20(16)25-17(2)22(24)23-19-13-7-9-15-21(19)26-18-11-4-3-5-12-18/h3-15,17H,1-2H3,(H,23,24). The van der Waals surface area contributed by atoms with Crippen LogP contribution in [0.1, 0.15) is 12.5 Å². The van der Waals surface area contributed by atoms with Gasteiger partial charge >= 0.3 is 0 Å². The number of hydrogen-bond acceptors (Lipinski definition) is 3. The van der Waals surface area contributed by atoms with E-state index in [0.29, 0.717) is 0 Å². The van der Waals surface area contributed by atoms with Crippen molar-refractivity contribution in [3.63, 3.8) is 0 Å². The Labute approximate surface area is 158 Å². The highest BCUT2D eigenvalue weighted by Gasteiger charge is 2.17. The Morgan fingerprint density at radius 2 is 1.58 bits per heavy atom. The Kier molecular flexibility index (Phi) is 5.97. The van der Waals surface area contributed by atoms with E-state index in [1.165, 1.54) is 0 Å². The van der Waals surface area contributed by atoms with Crippen LogP contribution in [-0.4, -0.2) is 12.0 Å². The van der Waals surface area contributed by atoms with Crippen molar-refractivity contribution in [2.75, 3.05) is 5.32 Å². The molecule has 1 amide bonds. The summed E-state index contributed by atoms with van der Waals surface area (Å²) in [6, 6.07) is 25.6. The number of benzene rings is 3. The van der Waals surface area contributed by atoms with Crippen molar-refractivity contribution in [1.82, 2.24) is 0 Å². The molecule has 3 nitrogen and oxygen atoms in total. The van der Waals surface area contributed by atoms with Gasteiger partial charge in [-0.05, 0) is 49.7 Å². The Hall–Kier alpha value is -2.72. The maximum absolute atomic E-state index is 12.6. The summed E-state index contributed by atoms with van der Waals surface area (Å²) >= 11 is 1.62. The largest absolute Gasteiger partial charge is 0.481 e. The molecule has 26 heavy (non-hydrogen) atoms. The molecular weight excluding hydrogens is 342 g/mol. The van der Waals surface area contributed by atoms with Gasteiger partial charge in [-0.15, -0.1) is 0 Å². The predicted octanol–water partition coefficient (Wildman–Crippen LogP) is 5.55. The lowest BCUT2D eigenvalue weighted by Gasteiger charge is -2.17. The first-order valence-electron chi connectivity index (χ1n) is 8.48. The minimum atomic E-state index is -0.592. The molecule has 4 heteroatoms. The Morgan fingerprint density at radius 3 is 2.35 bits per heavy atom. The molecule has 0 radical (unpaired) electrons. The molecule has 0 bridgehead atoms. The number of ether oxygens (including phenoxy) is 1. The third-order valence-corrected chi connectivity index (χ3v) is 4.97. The molecule has 0 aliphatic heterocycles. The van der Waals surface area contributed by atoms with Gasteiger partial charge in [-0.2, -0.15) is 0 Å². The minimum Gasteiger partial charge on any atom is -0.481 e. The van der Waals surface area contributed by atoms with Gasteiger partial charge in [0.2, 0.25) is 0 Å². The van der Waals surface area contributed by atoms with E-state index in [9.17, 15) is 4.79 Å². The van der Waals surface area contributed by atoms with Crippen LogP contribution in [0.2, 0.25) is 0 Å². The van der Waals surface area contributed by atoms with Crippen LogP contribution in [0.3, 0.4) is 0 Å². The van der Waals surface area contributed by atoms with Crippen molar-refractivity contribution >= 4 is 23.4 Å². The van der Waals surface area contributed by atoms with Crippen molar-refractivity contribution in [2.24, 2.45) is 0 Å². The van der Waals surface area contributed by atoms with E-state index < -0.39 is 6.10 Å². The van der Waals surface area contributed by atoms with Gasteiger partial charge in [0.25, 0.3) is 5.91 Å². The van der Waals surface area contributed by atoms with Gasteiger partial charge in [-0.25, -0.2) is 0 Å². The molecule has 0 fully saturated rings. The predicted molar refractivity (Wildman–Crippen MR) is 107 cm³/mol. The van der Waals surface area contributed by atoms with Gasteiger partial charge in [-0.3, -0.25) is 4.79 Å². The summed E-state index contributed by atoms with van der Waals surface area (Å²) in [5.41, 5.74) is 1.79. The van der Waals surface area contributed by atoms with Gasteiger partial charge in [-0.1, -0.05) is 60.3 Å². The lowest BCUT2D eigenvalue weighted by Crippen LogP contribution is -2.30. The molecule has 1 unspecified atom stereocenters. The van der Waals surface area contributed by atoms with E-state index in [0.717, 1.165) is 26.8 Å². The molecule has 3 aromatic carbocycles. The molecule has 0 aromatic heterocycles. The maximum Gasteiger partial charge on any atom is 0.265 e. The Morgan fingerprint density at radius 1 is 0.923 bits per heavy atom. The molecule has 3 aromatic rings. The second kappa shape index (κ2) is 8.59. The number of anilines is 1. The quantitative estimate of drug-likeness (QED) is 0.624. The van der Waals surface area contributed by atoms with E-state index in [-0.39, 0.29) is 5.91 Å². The topological polar surface area (TPSA) is 38.3 Å². The summed E-state index contributed by atoms with van der Waals surface area (Å²) in [6.07, 6.45) is -0.592. The summed E-state index contributed by atoms with van der Waals surface area (Å²) in [6.45, 7) is 3.72. The van der Waals surface area contributed by atoms with Crippen molar-refractivity contribution < 1.29 is 9.53 Å². The first-order valence-corrected chi connectivity index (χ1v) is 9.30. The summed E-state index contributed by atoms with van der Waals surface area (Å²) in [4.78, 5) is 14.7. The third-order valence-electron chi connectivity index (χ3n) is 3.88. The number of carbonyl (C=O) groups excluding carboxylic acids is 1. The SMILES string of the molecule is Cc1ccccc1OC(C)C(=O)Nc1ccccc1Sc1ccccc1. The second-order valence-electron chi connectivity index (χ2n) is 5.93. The molecular formula is C22H21NO2S. The van der Waals surface area contributed by atoms with Crippen molar-refractivity contribution in [3.05, 3.63) is 84.4 Å². The first kappa shape index (κ1) is 18.1. The average molecular weight is 363 g/mol. The van der Waals surface area contributed by atoms with Crippen LogP contribution < -0.4 is 10.1 Å². The number of nitrogens with one attached hydrogen (secondary N) is 1. The van der Waals surface area contributed by atoms with Crippen LogP contribution in [0.25, 0.3) is 0 Å². The highest BCUT2D eigenvalue weighted by atomic mass is 32.2. The number of aryl methyl sites for hydroxylation is 1. The fourth-order valence-corrected chi connectivity index (χ4v) is 3.36. The molecule has 0 saturated carbocycles. The summed E-state index contributed by atoms with van der Waals surface area (Å²) in [7, 11) is 0. The van der Waals surface area contributed by atoms with Crippen LogP contribution in [0, 0.1) is 6.92 Å². The van der Waals surface area contributed by atoms with Crippen LogP contribution in [0.15, 0.2) is 88.7 Å². The number of hydrogen-bond donors (Lipinski definition) is 1. The third kappa shape index (κ3) is 4.67. The zero-order valence-corrected chi connectivity index (χ0v) is 15.6. The minimum absolute atomic E-state index is 0.172. The monoisotopic (exact) mass is 363 g/mol. The first-order chi connectivity index (χ1) is 12.6. The smallest absolute Gasteiger partial charge is 0.265 e. The van der Waals surface area contributed by atoms with Crippen LogP contribution in [0.4, 0.5) is 5.69 Å². The highest BCUT2D eigenvalue weighted by Crippen LogP contribution is 2.33. The molecule has 132 valence electrons. The van der Waals surface area contributed by atoms with Crippen molar-refractivity contribution in [2.45, 2.75) is 29.7 Å². The number of amides is 1. The van der Waals surface area contributed by atoms with Gasteiger partial charge in [0.1, 0.15) is 5.75 Å². The molecule has 1 atom stereocenters. The number of para-hydroxylation sites is 2. The molecule has 0 heterocycles. The number of carbonyl (C=O) groups is 1. The average Bonchev–Trinajstić information content (AvgIpc) is 2.66. The molecule has 3 rings (SSSR count). The fourth-order valence-electron chi connectivity index (χ4n) is 2.44. The Balaban J connectivity index is 1.70. The lowest BCUT2D eigenvalue weighted by atomic mass is 10.2. The summed E-state index contributed by atoms with van der Waals surface area (Å²) in [5.74, 6) is 0.552. The fraction of sp³-hybridized carbons (Fsp3) is 0.136. The van der Waals surface area contributed by atoms with Gasteiger partial charge < -0.3 is 10.1 Å². The van der Waals surface area contributed by atoms with E-state index >= 15 is 0 Å². The molecule has 0 aliphatic rings. The lowest BCUT2D eigenvalue weighted by molar-refractivity contribution is -0.122. The summed E-state index contributed by atoms with van der Waals surface area (Å²) in [5, 5.41) is 2.99.